The van der Waals surface area contributed by atoms with Crippen molar-refractivity contribution in [1.82, 2.24) is 15.2 Å². The third-order valence-electron chi connectivity index (χ3n) is 3.54. The Labute approximate surface area is 145 Å². The molecule has 0 unspecified atom stereocenters. The van der Waals surface area contributed by atoms with Crippen molar-refractivity contribution < 1.29 is 18.3 Å². The van der Waals surface area contributed by atoms with Gasteiger partial charge in [-0.05, 0) is 35.9 Å². The van der Waals surface area contributed by atoms with Crippen molar-refractivity contribution >= 4 is 9.84 Å². The molecule has 0 saturated carbocycles. The smallest absolute Gasteiger partial charge is 0.180 e. The Bertz CT molecular complexity index is 923. The fourth-order valence-corrected chi connectivity index (χ4v) is 3.35. The zero-order chi connectivity index (χ0) is 17.7. The summed E-state index contributed by atoms with van der Waals surface area (Å²) in [4.78, 5) is 4.47. The number of hydrogen-bond acceptors (Lipinski definition) is 6. The van der Waals surface area contributed by atoms with Crippen LogP contribution in [0, 0.1) is 0 Å². The maximum atomic E-state index is 12.0. The highest BCUT2D eigenvalue weighted by molar-refractivity contribution is 7.91. The first-order valence-corrected chi connectivity index (χ1v) is 9.25. The Morgan fingerprint density at radius 2 is 2.04 bits per heavy atom. The minimum atomic E-state index is -3.47. The minimum Gasteiger partial charge on any atom is -0.487 e. The lowest BCUT2D eigenvalue weighted by Gasteiger charge is -2.08. The summed E-state index contributed by atoms with van der Waals surface area (Å²) in [5.41, 5.74) is 2.28. The highest BCUT2D eigenvalue weighted by atomic mass is 32.2. The molecule has 0 spiro atoms. The molecule has 0 saturated heterocycles. The number of nitrogens with zero attached hydrogens (tertiary/aromatic N) is 2. The zero-order valence-corrected chi connectivity index (χ0v) is 14.1. The molecular formula is C17H17N3O4S. The number of ether oxygens (including phenoxy) is 1. The van der Waals surface area contributed by atoms with Gasteiger partial charge in [0.15, 0.2) is 9.84 Å². The number of aliphatic hydroxyl groups is 1. The zero-order valence-electron chi connectivity index (χ0n) is 13.3. The molecule has 0 fully saturated rings. The number of nitrogens with one attached hydrogen (secondary N) is 1. The van der Waals surface area contributed by atoms with Crippen molar-refractivity contribution in [1.29, 1.82) is 0 Å². The first-order valence-electron chi connectivity index (χ1n) is 7.60. The molecule has 3 aromatic rings. The molecule has 2 aromatic heterocycles. The van der Waals surface area contributed by atoms with E-state index in [4.69, 9.17) is 9.84 Å². The SMILES string of the molecule is O=S(=O)(CCO)c1cccc(COc2ccc(-c3ccn[nH]3)nc2)c1. The van der Waals surface area contributed by atoms with Gasteiger partial charge in [-0.2, -0.15) is 5.10 Å². The highest BCUT2D eigenvalue weighted by Crippen LogP contribution is 2.19. The molecule has 0 aliphatic carbocycles. The predicted molar refractivity (Wildman–Crippen MR) is 91.7 cm³/mol. The quantitative estimate of drug-likeness (QED) is 0.667. The van der Waals surface area contributed by atoms with Gasteiger partial charge in [0.25, 0.3) is 0 Å². The molecular weight excluding hydrogens is 342 g/mol. The van der Waals surface area contributed by atoms with Crippen molar-refractivity contribution in [2.75, 3.05) is 12.4 Å². The number of aromatic amines is 1. The van der Waals surface area contributed by atoms with Crippen molar-refractivity contribution in [3.8, 4) is 17.1 Å². The lowest BCUT2D eigenvalue weighted by molar-refractivity contribution is 0.304. The third kappa shape index (κ3) is 4.23. The topological polar surface area (TPSA) is 105 Å². The van der Waals surface area contributed by atoms with Crippen molar-refractivity contribution in [2.24, 2.45) is 0 Å². The lowest BCUT2D eigenvalue weighted by Crippen LogP contribution is -2.10. The highest BCUT2D eigenvalue weighted by Gasteiger charge is 2.14. The number of rotatable bonds is 7. The van der Waals surface area contributed by atoms with Crippen LogP contribution in [0.5, 0.6) is 5.75 Å². The second-order valence-electron chi connectivity index (χ2n) is 5.33. The van der Waals surface area contributed by atoms with Crippen molar-refractivity contribution in [3.63, 3.8) is 0 Å². The molecule has 0 aliphatic heterocycles. The van der Waals surface area contributed by atoms with Gasteiger partial charge >= 0.3 is 0 Å². The number of sulfone groups is 1. The minimum absolute atomic E-state index is 0.176. The number of benzene rings is 1. The average molecular weight is 359 g/mol. The lowest BCUT2D eigenvalue weighted by atomic mass is 10.2. The van der Waals surface area contributed by atoms with Crippen LogP contribution in [-0.2, 0) is 16.4 Å². The van der Waals surface area contributed by atoms with Gasteiger partial charge in [-0.1, -0.05) is 12.1 Å². The Balaban J connectivity index is 1.68. The van der Waals surface area contributed by atoms with Crippen LogP contribution in [0.15, 0.2) is 59.8 Å². The summed E-state index contributed by atoms with van der Waals surface area (Å²) in [5.74, 6) is 0.280. The molecule has 7 nitrogen and oxygen atoms in total. The second-order valence-corrected chi connectivity index (χ2v) is 7.44. The Morgan fingerprint density at radius 1 is 1.16 bits per heavy atom. The standard InChI is InChI=1S/C17H17N3O4S/c21-8-9-25(22,23)15-3-1-2-13(10-15)12-24-14-4-5-16(18-11-14)17-6-7-19-20-17/h1-7,10-11,21H,8-9,12H2,(H,19,20). The van der Waals surface area contributed by atoms with E-state index in [1.54, 1.807) is 36.7 Å². The van der Waals surface area contributed by atoms with Crippen LogP contribution in [0.25, 0.3) is 11.4 Å². The monoisotopic (exact) mass is 359 g/mol. The summed E-state index contributed by atoms with van der Waals surface area (Å²) in [6, 6.07) is 11.9. The molecule has 0 radical (unpaired) electrons. The van der Waals surface area contributed by atoms with Crippen LogP contribution in [0.3, 0.4) is 0 Å². The number of H-pyrrole nitrogens is 1. The first kappa shape index (κ1) is 17.1. The maximum Gasteiger partial charge on any atom is 0.180 e. The number of hydrogen-bond donors (Lipinski definition) is 2. The third-order valence-corrected chi connectivity index (χ3v) is 5.23. The molecule has 25 heavy (non-hydrogen) atoms. The van der Waals surface area contributed by atoms with Crippen LogP contribution < -0.4 is 4.74 Å². The van der Waals surface area contributed by atoms with E-state index in [1.165, 1.54) is 6.07 Å². The van der Waals surface area contributed by atoms with Crippen molar-refractivity contribution in [3.05, 3.63) is 60.4 Å². The predicted octanol–water partition coefficient (Wildman–Crippen LogP) is 1.82. The second kappa shape index (κ2) is 7.45. The molecule has 8 heteroatoms. The van der Waals surface area contributed by atoms with E-state index in [-0.39, 0.29) is 17.3 Å². The Hall–Kier alpha value is -2.71. The summed E-state index contributed by atoms with van der Waals surface area (Å²) in [6.45, 7) is -0.190. The van der Waals surface area contributed by atoms with Gasteiger partial charge in [-0.15, -0.1) is 0 Å². The van der Waals surface area contributed by atoms with Gasteiger partial charge in [0.1, 0.15) is 12.4 Å². The van der Waals surface area contributed by atoms with Crippen LogP contribution in [0.1, 0.15) is 5.56 Å². The van der Waals surface area contributed by atoms with Crippen molar-refractivity contribution in [2.45, 2.75) is 11.5 Å². The van der Waals surface area contributed by atoms with Crippen LogP contribution >= 0.6 is 0 Å². The Morgan fingerprint density at radius 3 is 2.72 bits per heavy atom. The summed E-state index contributed by atoms with van der Waals surface area (Å²) in [5, 5.41) is 15.6. The van der Waals surface area contributed by atoms with E-state index in [1.807, 2.05) is 12.1 Å². The van der Waals surface area contributed by atoms with E-state index in [0.717, 1.165) is 17.0 Å². The summed E-state index contributed by atoms with van der Waals surface area (Å²) < 4.78 is 29.6. The van der Waals surface area contributed by atoms with Gasteiger partial charge in [-0.25, -0.2) is 8.42 Å². The summed E-state index contributed by atoms with van der Waals surface area (Å²) in [7, 11) is -3.47. The molecule has 130 valence electrons. The number of pyridine rings is 1. The van der Waals surface area contributed by atoms with Gasteiger partial charge in [-0.3, -0.25) is 10.1 Å². The normalized spacial score (nSPS) is 11.4. The van der Waals surface area contributed by atoms with Crippen LogP contribution in [0.2, 0.25) is 0 Å². The molecule has 3 rings (SSSR count). The van der Waals surface area contributed by atoms with E-state index in [9.17, 15) is 8.42 Å². The number of aromatic nitrogens is 3. The van der Waals surface area contributed by atoms with Gasteiger partial charge in [0, 0.05) is 6.20 Å². The molecule has 0 amide bonds. The largest absolute Gasteiger partial charge is 0.487 e. The van der Waals surface area contributed by atoms with Crippen LogP contribution in [-0.4, -0.2) is 41.1 Å². The molecule has 2 heterocycles. The molecule has 1 aromatic carbocycles. The Kier molecular flexibility index (Phi) is 5.11. The fraction of sp³-hybridized carbons (Fsp3) is 0.176. The molecule has 0 atom stereocenters. The molecule has 0 bridgehead atoms. The first-order chi connectivity index (χ1) is 12.1. The van der Waals surface area contributed by atoms with E-state index >= 15 is 0 Å². The summed E-state index contributed by atoms with van der Waals surface area (Å²) >= 11 is 0. The van der Waals surface area contributed by atoms with E-state index in [0.29, 0.717) is 5.75 Å². The summed E-state index contributed by atoms with van der Waals surface area (Å²) in [6.07, 6.45) is 3.25. The van der Waals surface area contributed by atoms with Gasteiger partial charge < -0.3 is 9.84 Å². The maximum absolute atomic E-state index is 12.0. The average Bonchev–Trinajstić information content (AvgIpc) is 3.15. The van der Waals surface area contributed by atoms with E-state index < -0.39 is 16.4 Å². The fourth-order valence-electron chi connectivity index (χ4n) is 2.26. The van der Waals surface area contributed by atoms with Crippen LogP contribution in [0.4, 0.5) is 0 Å². The number of aliphatic hydroxyl groups excluding tert-OH is 1. The molecule has 0 aliphatic rings. The van der Waals surface area contributed by atoms with Gasteiger partial charge in [0.05, 0.1) is 34.8 Å². The molecule has 2 N–H and O–H groups in total. The van der Waals surface area contributed by atoms with E-state index in [2.05, 4.69) is 15.2 Å². The van der Waals surface area contributed by atoms with Gasteiger partial charge in [0.2, 0.25) is 0 Å².